The van der Waals surface area contributed by atoms with Gasteiger partial charge in [0.1, 0.15) is 0 Å². The summed E-state index contributed by atoms with van der Waals surface area (Å²) in [7, 11) is -1.16. The van der Waals surface area contributed by atoms with Gasteiger partial charge in [-0.05, 0) is 22.3 Å². The van der Waals surface area contributed by atoms with Crippen molar-refractivity contribution in [1.82, 2.24) is 0 Å². The Morgan fingerprint density at radius 3 is 0.727 bits per heavy atom. The van der Waals surface area contributed by atoms with Crippen LogP contribution in [-0.2, 0) is 25.7 Å². The van der Waals surface area contributed by atoms with Crippen LogP contribution in [0.2, 0.25) is 0 Å². The van der Waals surface area contributed by atoms with Crippen LogP contribution in [0.3, 0.4) is 0 Å². The molecule has 0 spiro atoms. The number of hydrogen-bond donors (Lipinski definition) is 0. The first-order valence-corrected chi connectivity index (χ1v) is 14.9. The van der Waals surface area contributed by atoms with Gasteiger partial charge in [-0.3, -0.25) is 0 Å². The van der Waals surface area contributed by atoms with Crippen molar-refractivity contribution in [3.8, 4) is 0 Å². The largest absolute Gasteiger partial charge is 0.0635 e. The van der Waals surface area contributed by atoms with E-state index in [4.69, 9.17) is 0 Å². The van der Waals surface area contributed by atoms with Crippen molar-refractivity contribution in [2.75, 3.05) is 24.6 Å². The number of hydrogen-bond acceptors (Lipinski definition) is 0. The maximum absolute atomic E-state index is 2.31. The summed E-state index contributed by atoms with van der Waals surface area (Å²) < 4.78 is 0. The Bertz CT molecular complexity index is 863. The molecule has 0 aliphatic rings. The van der Waals surface area contributed by atoms with Gasteiger partial charge in [-0.2, -0.15) is 0 Å². The molecule has 0 amide bonds. The highest BCUT2D eigenvalue weighted by Crippen LogP contribution is 2.60. The molecule has 0 radical (unpaired) electrons. The van der Waals surface area contributed by atoms with Crippen molar-refractivity contribution >= 4 is 7.26 Å². The smallest absolute Gasteiger partial charge is 0.0622 e. The highest BCUT2D eigenvalue weighted by atomic mass is 31.2. The molecule has 4 rings (SSSR count). The molecule has 0 N–H and O–H groups in total. The zero-order chi connectivity index (χ0) is 22.6. The second-order valence-electron chi connectivity index (χ2n) is 9.18. The maximum atomic E-state index is 2.31. The highest BCUT2D eigenvalue weighted by molar-refractivity contribution is 7.75. The van der Waals surface area contributed by atoms with Crippen LogP contribution in [0.4, 0.5) is 0 Å². The van der Waals surface area contributed by atoms with Crippen LogP contribution in [0.5, 0.6) is 0 Å². The molecule has 0 aliphatic carbocycles. The van der Waals surface area contributed by atoms with Gasteiger partial charge in [0.2, 0.25) is 0 Å². The first-order valence-electron chi connectivity index (χ1n) is 12.3. The van der Waals surface area contributed by atoms with Gasteiger partial charge in [-0.25, -0.2) is 0 Å². The average Bonchev–Trinajstić information content (AvgIpc) is 2.90. The minimum absolute atomic E-state index is 1.16. The molecule has 0 fully saturated rings. The zero-order valence-corrected chi connectivity index (χ0v) is 20.5. The van der Waals surface area contributed by atoms with E-state index in [0.717, 1.165) is 0 Å². The first kappa shape index (κ1) is 23.5. The van der Waals surface area contributed by atoms with Crippen LogP contribution in [0.1, 0.15) is 22.3 Å². The molecule has 0 nitrogen and oxygen atoms in total. The lowest BCUT2D eigenvalue weighted by Gasteiger charge is -2.29. The van der Waals surface area contributed by atoms with Crippen molar-refractivity contribution < 1.29 is 0 Å². The van der Waals surface area contributed by atoms with Crippen molar-refractivity contribution in [3.05, 3.63) is 144 Å². The second kappa shape index (κ2) is 12.5. The zero-order valence-electron chi connectivity index (χ0n) is 19.7. The molecule has 0 aromatic heterocycles. The Hall–Kier alpha value is -2.69. The fourth-order valence-electron chi connectivity index (χ4n) is 4.71. The SMILES string of the molecule is c1ccc(CC[P+](CCc2ccccc2)(CCc2ccccc2)CCc2ccccc2)cc1. The molecule has 0 atom stereocenters. The molecule has 0 saturated carbocycles. The van der Waals surface area contributed by atoms with Gasteiger partial charge in [-0.1, -0.05) is 121 Å². The van der Waals surface area contributed by atoms with Crippen LogP contribution in [0.25, 0.3) is 0 Å². The predicted molar refractivity (Wildman–Crippen MR) is 147 cm³/mol. The Morgan fingerprint density at radius 2 is 0.515 bits per heavy atom. The predicted octanol–water partition coefficient (Wildman–Crippen LogP) is 7.97. The monoisotopic (exact) mass is 451 g/mol. The summed E-state index contributed by atoms with van der Waals surface area (Å²) in [5.74, 6) is 0. The summed E-state index contributed by atoms with van der Waals surface area (Å²) in [5, 5.41) is 0. The minimum atomic E-state index is -1.16. The van der Waals surface area contributed by atoms with E-state index in [1.54, 1.807) is 0 Å². The van der Waals surface area contributed by atoms with Gasteiger partial charge < -0.3 is 0 Å². The molecule has 0 saturated heterocycles. The molecular weight excluding hydrogens is 415 g/mol. The third kappa shape index (κ3) is 7.69. The Kier molecular flexibility index (Phi) is 8.91. The summed E-state index contributed by atoms with van der Waals surface area (Å²) in [6, 6.07) is 44.5. The lowest BCUT2D eigenvalue weighted by Crippen LogP contribution is -2.18. The first-order chi connectivity index (χ1) is 16.3. The van der Waals surface area contributed by atoms with Gasteiger partial charge in [0.15, 0.2) is 0 Å². The van der Waals surface area contributed by atoms with E-state index in [1.807, 2.05) is 0 Å². The normalized spacial score (nSPS) is 11.4. The maximum Gasteiger partial charge on any atom is 0.0635 e. The summed E-state index contributed by atoms with van der Waals surface area (Å²) in [6.45, 7) is 0. The van der Waals surface area contributed by atoms with Gasteiger partial charge in [0, 0.05) is 32.9 Å². The topological polar surface area (TPSA) is 0 Å². The van der Waals surface area contributed by atoms with E-state index < -0.39 is 7.26 Å². The standard InChI is InChI=1S/C32H36P/c1-5-13-29(14-6-1)21-25-33(26-22-30-15-7-2-8-16-30,27-23-31-17-9-3-10-18-31)28-24-32-19-11-4-12-20-32/h1-20H,21-28H2/q+1. The molecule has 0 heterocycles. The average molecular weight is 452 g/mol. The fourth-order valence-corrected chi connectivity index (χ4v) is 8.99. The molecule has 0 unspecified atom stereocenters. The molecule has 0 bridgehead atoms. The number of aryl methyl sites for hydroxylation is 4. The lowest BCUT2D eigenvalue weighted by molar-refractivity contribution is 1.01. The Morgan fingerprint density at radius 1 is 0.303 bits per heavy atom. The van der Waals surface area contributed by atoms with Crippen molar-refractivity contribution in [2.45, 2.75) is 25.7 Å². The van der Waals surface area contributed by atoms with Crippen LogP contribution >= 0.6 is 7.26 Å². The Labute approximate surface area is 201 Å². The van der Waals surface area contributed by atoms with Gasteiger partial charge >= 0.3 is 0 Å². The third-order valence-corrected chi connectivity index (χ3v) is 11.6. The molecule has 1 heteroatoms. The van der Waals surface area contributed by atoms with E-state index >= 15 is 0 Å². The van der Waals surface area contributed by atoms with E-state index in [9.17, 15) is 0 Å². The van der Waals surface area contributed by atoms with E-state index in [0.29, 0.717) is 0 Å². The molecule has 0 aliphatic heterocycles. The third-order valence-electron chi connectivity index (χ3n) is 6.87. The summed E-state index contributed by atoms with van der Waals surface area (Å²) in [5.41, 5.74) is 5.95. The van der Waals surface area contributed by atoms with Crippen LogP contribution in [-0.4, -0.2) is 24.6 Å². The van der Waals surface area contributed by atoms with Gasteiger partial charge in [-0.15, -0.1) is 0 Å². The highest BCUT2D eigenvalue weighted by Gasteiger charge is 2.36. The lowest BCUT2D eigenvalue weighted by atomic mass is 10.2. The molecule has 168 valence electrons. The summed E-state index contributed by atoms with van der Waals surface area (Å²) in [4.78, 5) is 0. The van der Waals surface area contributed by atoms with E-state index in [1.165, 1.54) is 72.6 Å². The number of benzene rings is 4. The molecular formula is C32H36P+. The minimum Gasteiger partial charge on any atom is -0.0622 e. The fraction of sp³-hybridized carbons (Fsp3) is 0.250. The molecule has 4 aromatic rings. The van der Waals surface area contributed by atoms with Crippen molar-refractivity contribution in [2.24, 2.45) is 0 Å². The van der Waals surface area contributed by atoms with E-state index in [2.05, 4.69) is 121 Å². The summed E-state index contributed by atoms with van der Waals surface area (Å²) in [6.07, 6.45) is 10.2. The van der Waals surface area contributed by atoms with Crippen molar-refractivity contribution in [3.63, 3.8) is 0 Å². The van der Waals surface area contributed by atoms with Crippen LogP contribution in [0.15, 0.2) is 121 Å². The quantitative estimate of drug-likeness (QED) is 0.192. The number of rotatable bonds is 12. The Balaban J connectivity index is 1.56. The van der Waals surface area contributed by atoms with Crippen LogP contribution < -0.4 is 0 Å². The molecule has 33 heavy (non-hydrogen) atoms. The van der Waals surface area contributed by atoms with Gasteiger partial charge in [0.05, 0.1) is 24.6 Å². The van der Waals surface area contributed by atoms with Crippen molar-refractivity contribution in [1.29, 1.82) is 0 Å². The summed E-state index contributed by atoms with van der Waals surface area (Å²) >= 11 is 0. The van der Waals surface area contributed by atoms with Crippen LogP contribution in [0, 0.1) is 0 Å². The second-order valence-corrected chi connectivity index (χ2v) is 13.7. The van der Waals surface area contributed by atoms with E-state index in [-0.39, 0.29) is 0 Å². The molecule has 4 aromatic carbocycles. The van der Waals surface area contributed by atoms with Gasteiger partial charge in [0.25, 0.3) is 0 Å².